The van der Waals surface area contributed by atoms with Crippen LogP contribution in [0.4, 0.5) is 0 Å². The normalized spacial score (nSPS) is 21.8. The number of likely N-dealkylation sites (tertiary alicyclic amines) is 1. The molecule has 1 atom stereocenters. The number of nitrogens with zero attached hydrogens (tertiary/aromatic N) is 2. The van der Waals surface area contributed by atoms with Crippen molar-refractivity contribution in [3.8, 4) is 0 Å². The van der Waals surface area contributed by atoms with Gasteiger partial charge in [0.15, 0.2) is 5.96 Å². The highest BCUT2D eigenvalue weighted by Gasteiger charge is 2.21. The Bertz CT molecular complexity index is 260. The molecule has 0 aliphatic carbocycles. The molecule has 4 nitrogen and oxygen atoms in total. The molecule has 0 aromatic heterocycles. The first-order chi connectivity index (χ1) is 7.90. The molecular formula is C13H29IN4. The van der Waals surface area contributed by atoms with Crippen molar-refractivity contribution in [2.24, 2.45) is 16.6 Å². The summed E-state index contributed by atoms with van der Waals surface area (Å²) < 4.78 is 0. The second kappa shape index (κ2) is 8.19. The fourth-order valence-electron chi connectivity index (χ4n) is 2.23. The number of halogens is 1. The average Bonchev–Trinajstić information content (AvgIpc) is 2.61. The SMILES string of the molecule is CCCN1CCC(CN=C(N)NC(C)(C)C)C1.I. The standard InChI is InChI=1S/C13H28N4.HI/c1-5-7-17-8-6-11(10-17)9-15-12(14)16-13(2,3)4;/h11H,5-10H2,1-4H3,(H3,14,15,16);1H. The minimum atomic E-state index is -0.00247. The fraction of sp³-hybridized carbons (Fsp3) is 0.923. The molecule has 0 saturated carbocycles. The van der Waals surface area contributed by atoms with Gasteiger partial charge in [0.2, 0.25) is 0 Å². The predicted molar refractivity (Wildman–Crippen MR) is 89.6 cm³/mol. The van der Waals surface area contributed by atoms with Crippen molar-refractivity contribution in [3.05, 3.63) is 0 Å². The quantitative estimate of drug-likeness (QED) is 0.454. The van der Waals surface area contributed by atoms with E-state index in [9.17, 15) is 0 Å². The number of guanidine groups is 1. The molecule has 1 rings (SSSR count). The molecule has 1 aliphatic rings. The van der Waals surface area contributed by atoms with Crippen molar-refractivity contribution >= 4 is 29.9 Å². The van der Waals surface area contributed by atoms with E-state index in [0.717, 1.165) is 6.54 Å². The Balaban J connectivity index is 0.00000289. The summed E-state index contributed by atoms with van der Waals surface area (Å²) in [6, 6.07) is 0. The fourth-order valence-corrected chi connectivity index (χ4v) is 2.23. The van der Waals surface area contributed by atoms with Crippen molar-refractivity contribution < 1.29 is 0 Å². The Morgan fingerprint density at radius 2 is 2.11 bits per heavy atom. The summed E-state index contributed by atoms with van der Waals surface area (Å²) in [5, 5.41) is 3.19. The molecule has 0 aromatic rings. The summed E-state index contributed by atoms with van der Waals surface area (Å²) in [7, 11) is 0. The minimum absolute atomic E-state index is 0. The van der Waals surface area contributed by atoms with Crippen LogP contribution in [0.25, 0.3) is 0 Å². The number of hydrogen-bond acceptors (Lipinski definition) is 2. The van der Waals surface area contributed by atoms with Crippen molar-refractivity contribution in [2.75, 3.05) is 26.2 Å². The van der Waals surface area contributed by atoms with E-state index in [1.807, 2.05) is 0 Å². The van der Waals surface area contributed by atoms with Gasteiger partial charge in [-0.3, -0.25) is 4.99 Å². The third-order valence-electron chi connectivity index (χ3n) is 2.93. The van der Waals surface area contributed by atoms with Crippen LogP contribution in [0, 0.1) is 5.92 Å². The molecule has 1 heterocycles. The molecular weight excluding hydrogens is 339 g/mol. The van der Waals surface area contributed by atoms with E-state index >= 15 is 0 Å². The smallest absolute Gasteiger partial charge is 0.188 e. The monoisotopic (exact) mass is 368 g/mol. The van der Waals surface area contributed by atoms with E-state index in [-0.39, 0.29) is 29.5 Å². The zero-order valence-corrected chi connectivity index (χ0v) is 14.5. The predicted octanol–water partition coefficient (Wildman–Crippen LogP) is 2.04. The highest BCUT2D eigenvalue weighted by Crippen LogP contribution is 2.16. The van der Waals surface area contributed by atoms with Gasteiger partial charge in [-0.15, -0.1) is 24.0 Å². The summed E-state index contributed by atoms with van der Waals surface area (Å²) in [5.41, 5.74) is 5.85. The Morgan fingerprint density at radius 1 is 1.44 bits per heavy atom. The first-order valence-corrected chi connectivity index (χ1v) is 6.71. The van der Waals surface area contributed by atoms with Gasteiger partial charge in [0.1, 0.15) is 0 Å². The third kappa shape index (κ3) is 7.41. The van der Waals surface area contributed by atoms with Crippen molar-refractivity contribution in [3.63, 3.8) is 0 Å². The molecule has 3 N–H and O–H groups in total. The van der Waals surface area contributed by atoms with Crippen molar-refractivity contribution in [2.45, 2.75) is 46.1 Å². The number of nitrogens with two attached hydrogens (primary N) is 1. The van der Waals surface area contributed by atoms with Gasteiger partial charge in [-0.2, -0.15) is 0 Å². The average molecular weight is 368 g/mol. The maximum Gasteiger partial charge on any atom is 0.188 e. The highest BCUT2D eigenvalue weighted by atomic mass is 127. The van der Waals surface area contributed by atoms with Crippen LogP contribution in [-0.2, 0) is 0 Å². The molecule has 0 amide bonds. The lowest BCUT2D eigenvalue weighted by atomic mass is 10.1. The second-order valence-corrected chi connectivity index (χ2v) is 6.06. The first kappa shape index (κ1) is 18.0. The van der Waals surface area contributed by atoms with Crippen LogP contribution >= 0.6 is 24.0 Å². The van der Waals surface area contributed by atoms with E-state index < -0.39 is 0 Å². The maximum atomic E-state index is 5.86. The Morgan fingerprint density at radius 3 is 2.67 bits per heavy atom. The van der Waals surface area contributed by atoms with Crippen LogP contribution in [0.5, 0.6) is 0 Å². The molecule has 1 unspecified atom stereocenters. The van der Waals surface area contributed by atoms with Crippen LogP contribution in [0.15, 0.2) is 4.99 Å². The van der Waals surface area contributed by atoms with Gasteiger partial charge in [0, 0.05) is 18.6 Å². The maximum absolute atomic E-state index is 5.86. The van der Waals surface area contributed by atoms with E-state index in [4.69, 9.17) is 5.73 Å². The lowest BCUT2D eigenvalue weighted by Gasteiger charge is -2.21. The number of hydrogen-bond donors (Lipinski definition) is 2. The van der Waals surface area contributed by atoms with E-state index in [0.29, 0.717) is 11.9 Å². The lowest BCUT2D eigenvalue weighted by molar-refractivity contribution is 0.326. The van der Waals surface area contributed by atoms with Crippen molar-refractivity contribution in [1.29, 1.82) is 0 Å². The summed E-state index contributed by atoms with van der Waals surface area (Å²) in [4.78, 5) is 6.96. The number of aliphatic imine (C=N–C) groups is 1. The lowest BCUT2D eigenvalue weighted by Crippen LogP contribution is -2.45. The van der Waals surface area contributed by atoms with Gasteiger partial charge in [-0.1, -0.05) is 6.92 Å². The van der Waals surface area contributed by atoms with Gasteiger partial charge >= 0.3 is 0 Å². The van der Waals surface area contributed by atoms with E-state index in [1.165, 1.54) is 32.5 Å². The largest absolute Gasteiger partial charge is 0.370 e. The van der Waals surface area contributed by atoms with Gasteiger partial charge in [0.05, 0.1) is 0 Å². The van der Waals surface area contributed by atoms with E-state index in [2.05, 4.69) is 42.9 Å². The molecule has 18 heavy (non-hydrogen) atoms. The molecule has 5 heteroatoms. The molecule has 0 radical (unpaired) electrons. The highest BCUT2D eigenvalue weighted by molar-refractivity contribution is 14.0. The molecule has 1 fully saturated rings. The Labute approximate surface area is 129 Å². The van der Waals surface area contributed by atoms with Crippen molar-refractivity contribution in [1.82, 2.24) is 10.2 Å². The summed E-state index contributed by atoms with van der Waals surface area (Å²) in [6.45, 7) is 13.0. The zero-order valence-electron chi connectivity index (χ0n) is 12.2. The third-order valence-corrected chi connectivity index (χ3v) is 2.93. The van der Waals surface area contributed by atoms with Gasteiger partial charge in [0.25, 0.3) is 0 Å². The van der Waals surface area contributed by atoms with Gasteiger partial charge < -0.3 is 16.0 Å². The number of rotatable bonds is 4. The Kier molecular flexibility index (Phi) is 8.18. The minimum Gasteiger partial charge on any atom is -0.370 e. The summed E-state index contributed by atoms with van der Waals surface area (Å²) in [5.74, 6) is 1.26. The van der Waals surface area contributed by atoms with Gasteiger partial charge in [-0.05, 0) is 52.6 Å². The zero-order chi connectivity index (χ0) is 12.9. The van der Waals surface area contributed by atoms with Crippen LogP contribution in [0.1, 0.15) is 40.5 Å². The molecule has 0 spiro atoms. The van der Waals surface area contributed by atoms with Gasteiger partial charge in [-0.25, -0.2) is 0 Å². The summed E-state index contributed by atoms with van der Waals surface area (Å²) >= 11 is 0. The molecule has 0 bridgehead atoms. The molecule has 0 aromatic carbocycles. The molecule has 1 aliphatic heterocycles. The Hall–Kier alpha value is -0.0400. The molecule has 1 saturated heterocycles. The van der Waals surface area contributed by atoms with Crippen LogP contribution in [-0.4, -0.2) is 42.6 Å². The molecule has 108 valence electrons. The topological polar surface area (TPSA) is 53.6 Å². The van der Waals surface area contributed by atoms with Crippen LogP contribution < -0.4 is 11.1 Å². The first-order valence-electron chi connectivity index (χ1n) is 6.71. The summed E-state index contributed by atoms with van der Waals surface area (Å²) in [6.07, 6.45) is 2.50. The second-order valence-electron chi connectivity index (χ2n) is 6.06. The van der Waals surface area contributed by atoms with Crippen LogP contribution in [0.3, 0.4) is 0 Å². The number of nitrogens with one attached hydrogen (secondary N) is 1. The van der Waals surface area contributed by atoms with E-state index in [1.54, 1.807) is 0 Å². The van der Waals surface area contributed by atoms with Crippen LogP contribution in [0.2, 0.25) is 0 Å².